The highest BCUT2D eigenvalue weighted by molar-refractivity contribution is 6.21. The minimum absolute atomic E-state index is 0.246. The van der Waals surface area contributed by atoms with Gasteiger partial charge in [0.25, 0.3) is 0 Å². The van der Waals surface area contributed by atoms with Crippen LogP contribution in [0.4, 0.5) is 4.39 Å². The number of hydrogen-bond donors (Lipinski definition) is 0. The molecule has 12 aromatic rings. The molecule has 0 amide bonds. The molecule has 276 valence electrons. The molecule has 59 heavy (non-hydrogen) atoms. The highest BCUT2D eigenvalue weighted by Crippen LogP contribution is 2.44. The zero-order valence-corrected chi connectivity index (χ0v) is 32.0. The van der Waals surface area contributed by atoms with Crippen LogP contribution in [0.5, 0.6) is 0 Å². The highest BCUT2D eigenvalue weighted by Gasteiger charge is 2.19. The number of hydrogen-bond acceptors (Lipinski definition) is 0. The second-order valence-electron chi connectivity index (χ2n) is 15.4. The van der Waals surface area contributed by atoms with Crippen molar-refractivity contribution in [3.05, 3.63) is 218 Å². The molecule has 0 saturated carbocycles. The van der Waals surface area contributed by atoms with Crippen molar-refractivity contribution in [2.24, 2.45) is 0 Å². The molecule has 3 heteroatoms. The number of aromatic nitrogens is 2. The van der Waals surface area contributed by atoms with Gasteiger partial charge in [-0.2, -0.15) is 0 Å². The summed E-state index contributed by atoms with van der Waals surface area (Å²) >= 11 is 0. The van der Waals surface area contributed by atoms with Gasteiger partial charge in [0.1, 0.15) is 5.82 Å². The molecule has 0 atom stereocenters. The van der Waals surface area contributed by atoms with Gasteiger partial charge in [-0.25, -0.2) is 4.39 Å². The lowest BCUT2D eigenvalue weighted by molar-refractivity contribution is 0.627. The summed E-state index contributed by atoms with van der Waals surface area (Å²) in [5.41, 5.74) is 13.6. The molecule has 0 aliphatic rings. The van der Waals surface area contributed by atoms with Gasteiger partial charge in [0.05, 0.1) is 22.1 Å². The zero-order valence-electron chi connectivity index (χ0n) is 32.0. The molecule has 0 saturated heterocycles. The lowest BCUT2D eigenvalue weighted by Gasteiger charge is -2.18. The van der Waals surface area contributed by atoms with Gasteiger partial charge >= 0.3 is 0 Å². The van der Waals surface area contributed by atoms with Gasteiger partial charge in [0, 0.05) is 32.9 Å². The lowest BCUT2D eigenvalue weighted by atomic mass is 9.86. The van der Waals surface area contributed by atoms with E-state index in [9.17, 15) is 4.39 Å². The van der Waals surface area contributed by atoms with Gasteiger partial charge < -0.3 is 9.13 Å². The van der Waals surface area contributed by atoms with Gasteiger partial charge in [0.2, 0.25) is 0 Å². The summed E-state index contributed by atoms with van der Waals surface area (Å²) in [5.74, 6) is -0.246. The summed E-state index contributed by atoms with van der Waals surface area (Å²) in [6.45, 7) is 0. The Labute approximate surface area is 340 Å². The first-order valence-electron chi connectivity index (χ1n) is 20.1. The number of nitrogens with zero attached hydrogens (tertiary/aromatic N) is 2. The van der Waals surface area contributed by atoms with Crippen molar-refractivity contribution in [2.75, 3.05) is 0 Å². The Balaban J connectivity index is 0.990. The molecule has 0 spiro atoms. The van der Waals surface area contributed by atoms with Crippen molar-refractivity contribution in [3.8, 4) is 44.8 Å². The molecule has 10 aromatic carbocycles. The third-order valence-electron chi connectivity index (χ3n) is 12.2. The Morgan fingerprint density at radius 2 is 0.661 bits per heavy atom. The van der Waals surface area contributed by atoms with E-state index in [4.69, 9.17) is 0 Å². The largest absolute Gasteiger partial charge is 0.309 e. The topological polar surface area (TPSA) is 9.86 Å². The van der Waals surface area contributed by atoms with E-state index < -0.39 is 0 Å². The Bertz CT molecular complexity index is 3550. The quantitative estimate of drug-likeness (QED) is 0.155. The van der Waals surface area contributed by atoms with Crippen molar-refractivity contribution in [3.63, 3.8) is 0 Å². The second-order valence-corrected chi connectivity index (χ2v) is 15.4. The van der Waals surface area contributed by atoms with E-state index in [-0.39, 0.29) is 5.82 Å². The minimum atomic E-state index is -0.246. The van der Waals surface area contributed by atoms with Gasteiger partial charge in [-0.3, -0.25) is 0 Å². The van der Waals surface area contributed by atoms with Crippen LogP contribution in [0.25, 0.3) is 110 Å². The van der Waals surface area contributed by atoms with Crippen LogP contribution in [0.2, 0.25) is 0 Å². The van der Waals surface area contributed by atoms with Crippen LogP contribution in [0.15, 0.2) is 212 Å². The Kier molecular flexibility index (Phi) is 7.45. The number of rotatable bonds is 5. The predicted octanol–water partition coefficient (Wildman–Crippen LogP) is 15.3. The third-order valence-corrected chi connectivity index (χ3v) is 12.2. The molecule has 0 bridgehead atoms. The molecular formula is C56H35FN2. The second kappa shape index (κ2) is 13.2. The van der Waals surface area contributed by atoms with E-state index in [0.717, 1.165) is 49.8 Å². The van der Waals surface area contributed by atoms with Gasteiger partial charge in [0.15, 0.2) is 0 Å². The maximum Gasteiger partial charge on any atom is 0.125 e. The molecule has 2 aromatic heterocycles. The summed E-state index contributed by atoms with van der Waals surface area (Å²) in [7, 11) is 0. The van der Waals surface area contributed by atoms with Gasteiger partial charge in [-0.05, 0) is 122 Å². The summed E-state index contributed by atoms with van der Waals surface area (Å²) in [4.78, 5) is 0. The van der Waals surface area contributed by atoms with Crippen LogP contribution in [-0.4, -0.2) is 9.13 Å². The SMILES string of the molecule is Fc1cccc(-n2c3ccccc3c3cc(-c4ccc5c(c4)c4ccccc4n5-c4ccc(-c5c6ccccc6c(-c6ccccc6)c6ccccc56)cc4)ccc32)c1. The Hall–Kier alpha value is -7.75. The molecule has 12 rings (SSSR count). The standard InChI is InChI=1S/C56H35FN2/c57-40-15-12-16-42(35-40)59-52-24-11-9-18-44(52)50-34-39(28-32-54(50)59)38-27-31-53-49(33-38)43-17-8-10-23-51(43)58(53)41-29-25-37(26-30-41)56-47-21-6-4-19-45(47)55(36-13-2-1-3-14-36)46-20-5-7-22-48(46)56/h1-35H. The number of benzene rings is 10. The molecule has 0 aliphatic heterocycles. The fraction of sp³-hybridized carbons (Fsp3) is 0. The predicted molar refractivity (Wildman–Crippen MR) is 246 cm³/mol. The third kappa shape index (κ3) is 5.18. The van der Waals surface area contributed by atoms with Crippen molar-refractivity contribution in [1.29, 1.82) is 0 Å². The average molecular weight is 755 g/mol. The minimum Gasteiger partial charge on any atom is -0.309 e. The number of halogens is 1. The van der Waals surface area contributed by atoms with E-state index in [2.05, 4.69) is 191 Å². The average Bonchev–Trinajstić information content (AvgIpc) is 3.81. The molecule has 2 nitrogen and oxygen atoms in total. The first-order chi connectivity index (χ1) is 29.2. The number of fused-ring (bicyclic) bond motifs is 8. The Morgan fingerprint density at radius 1 is 0.254 bits per heavy atom. The van der Waals surface area contributed by atoms with E-state index in [0.29, 0.717) is 0 Å². The molecule has 0 N–H and O–H groups in total. The number of para-hydroxylation sites is 2. The monoisotopic (exact) mass is 754 g/mol. The van der Waals surface area contributed by atoms with Crippen molar-refractivity contribution in [1.82, 2.24) is 9.13 Å². The van der Waals surface area contributed by atoms with Gasteiger partial charge in [-0.1, -0.05) is 146 Å². The smallest absolute Gasteiger partial charge is 0.125 e. The van der Waals surface area contributed by atoms with E-state index in [1.54, 1.807) is 12.1 Å². The summed E-state index contributed by atoms with van der Waals surface area (Å²) in [6, 6.07) is 74.9. The van der Waals surface area contributed by atoms with E-state index >= 15 is 0 Å². The van der Waals surface area contributed by atoms with Crippen LogP contribution >= 0.6 is 0 Å². The van der Waals surface area contributed by atoms with Crippen LogP contribution in [0, 0.1) is 5.82 Å². The molecule has 2 heterocycles. The first-order valence-corrected chi connectivity index (χ1v) is 20.1. The Morgan fingerprint density at radius 3 is 1.17 bits per heavy atom. The molecule has 0 radical (unpaired) electrons. The fourth-order valence-electron chi connectivity index (χ4n) is 9.61. The highest BCUT2D eigenvalue weighted by atomic mass is 19.1. The van der Waals surface area contributed by atoms with Crippen molar-refractivity contribution >= 4 is 65.2 Å². The van der Waals surface area contributed by atoms with Crippen LogP contribution in [-0.2, 0) is 0 Å². The summed E-state index contributed by atoms with van der Waals surface area (Å²) in [5, 5.41) is 9.71. The molecule has 0 unspecified atom stereocenters. The fourth-order valence-corrected chi connectivity index (χ4v) is 9.61. The zero-order chi connectivity index (χ0) is 39.0. The summed E-state index contributed by atoms with van der Waals surface area (Å²) < 4.78 is 19.0. The molecule has 0 fully saturated rings. The van der Waals surface area contributed by atoms with E-state index in [1.165, 1.54) is 66.2 Å². The summed E-state index contributed by atoms with van der Waals surface area (Å²) in [6.07, 6.45) is 0. The van der Waals surface area contributed by atoms with Gasteiger partial charge in [-0.15, -0.1) is 0 Å². The van der Waals surface area contributed by atoms with Crippen LogP contribution < -0.4 is 0 Å². The van der Waals surface area contributed by atoms with Crippen molar-refractivity contribution in [2.45, 2.75) is 0 Å². The van der Waals surface area contributed by atoms with Crippen LogP contribution in [0.1, 0.15) is 0 Å². The molecular weight excluding hydrogens is 720 g/mol. The first kappa shape index (κ1) is 33.4. The van der Waals surface area contributed by atoms with Crippen molar-refractivity contribution < 1.29 is 4.39 Å². The van der Waals surface area contributed by atoms with Crippen LogP contribution in [0.3, 0.4) is 0 Å². The normalized spacial score (nSPS) is 11.8. The molecule has 0 aliphatic carbocycles. The lowest BCUT2D eigenvalue weighted by Crippen LogP contribution is -1.95. The van der Waals surface area contributed by atoms with E-state index in [1.807, 2.05) is 12.1 Å². The maximum absolute atomic E-state index is 14.4. The maximum atomic E-state index is 14.4.